The third-order valence-electron chi connectivity index (χ3n) is 8.12. The first-order valence-corrected chi connectivity index (χ1v) is 14.4. The van der Waals surface area contributed by atoms with Crippen molar-refractivity contribution < 1.29 is 44.6 Å². The Morgan fingerprint density at radius 1 is 0.830 bits per heavy atom. The number of hydrogen-bond acceptors (Lipinski definition) is 6. The molecule has 3 heterocycles. The van der Waals surface area contributed by atoms with E-state index in [2.05, 4.69) is 15.1 Å². The molecule has 16 heteroatoms. The van der Waals surface area contributed by atoms with Gasteiger partial charge >= 0.3 is 18.5 Å². The second kappa shape index (κ2) is 12.7. The maximum absolute atomic E-state index is 13.7. The van der Waals surface area contributed by atoms with Crippen molar-refractivity contribution >= 4 is 11.6 Å². The SMILES string of the molecule is CC[C@@H]1C[C@H](N(Cc2cc(C(F)(F)F)cc(C(F)(F)F)c2)c2ncc(-c3cnn(C)c3)cn2)CN1c1ccc(C(F)(F)F)cc1CO. The molecular formula is C31H29F9N6O. The zero-order chi connectivity index (χ0) is 34.3. The summed E-state index contributed by atoms with van der Waals surface area (Å²) in [7, 11) is 1.71. The molecule has 1 N–H and O–H groups in total. The van der Waals surface area contributed by atoms with E-state index in [0.717, 1.165) is 12.1 Å². The minimum Gasteiger partial charge on any atom is -0.392 e. The van der Waals surface area contributed by atoms with Crippen LogP contribution in [0.1, 0.15) is 47.6 Å². The smallest absolute Gasteiger partial charge is 0.392 e. The highest BCUT2D eigenvalue weighted by molar-refractivity contribution is 5.61. The van der Waals surface area contributed by atoms with Gasteiger partial charge in [-0.25, -0.2) is 9.97 Å². The minimum absolute atomic E-state index is 0.0234. The Balaban J connectivity index is 1.56. The molecule has 252 valence electrons. The monoisotopic (exact) mass is 672 g/mol. The summed E-state index contributed by atoms with van der Waals surface area (Å²) in [4.78, 5) is 12.1. The number of nitrogens with zero attached hydrogens (tertiary/aromatic N) is 6. The molecule has 4 aromatic rings. The molecule has 2 aromatic heterocycles. The van der Waals surface area contributed by atoms with Crippen LogP contribution in [0, 0.1) is 0 Å². The number of benzene rings is 2. The van der Waals surface area contributed by atoms with Crippen LogP contribution in [0.15, 0.2) is 61.2 Å². The van der Waals surface area contributed by atoms with E-state index in [1.165, 1.54) is 23.4 Å². The Morgan fingerprint density at radius 3 is 1.96 bits per heavy atom. The molecule has 0 bridgehead atoms. The molecule has 47 heavy (non-hydrogen) atoms. The van der Waals surface area contributed by atoms with Gasteiger partial charge in [0.25, 0.3) is 0 Å². The first-order chi connectivity index (χ1) is 22.0. The number of aliphatic hydroxyl groups is 1. The lowest BCUT2D eigenvalue weighted by molar-refractivity contribution is -0.143. The Morgan fingerprint density at radius 2 is 1.45 bits per heavy atom. The first kappa shape index (κ1) is 34.0. The summed E-state index contributed by atoms with van der Waals surface area (Å²) in [5.74, 6) is 0.0279. The summed E-state index contributed by atoms with van der Waals surface area (Å²) in [6.45, 7) is 0.822. The zero-order valence-corrected chi connectivity index (χ0v) is 25.0. The predicted octanol–water partition coefficient (Wildman–Crippen LogP) is 7.49. The molecule has 0 amide bonds. The van der Waals surface area contributed by atoms with E-state index < -0.39 is 54.4 Å². The van der Waals surface area contributed by atoms with Gasteiger partial charge in [-0.05, 0) is 54.8 Å². The van der Waals surface area contributed by atoms with Crippen LogP contribution in [0.2, 0.25) is 0 Å². The average Bonchev–Trinajstić information content (AvgIpc) is 3.64. The van der Waals surface area contributed by atoms with Crippen molar-refractivity contribution in [1.29, 1.82) is 0 Å². The van der Waals surface area contributed by atoms with Gasteiger partial charge in [0.2, 0.25) is 5.95 Å². The van der Waals surface area contributed by atoms with Gasteiger partial charge in [-0.2, -0.15) is 44.6 Å². The van der Waals surface area contributed by atoms with E-state index >= 15 is 0 Å². The van der Waals surface area contributed by atoms with Gasteiger partial charge in [0.05, 0.1) is 35.5 Å². The number of anilines is 2. The summed E-state index contributed by atoms with van der Waals surface area (Å²) < 4.78 is 124. The molecule has 1 fully saturated rings. The highest BCUT2D eigenvalue weighted by Gasteiger charge is 2.40. The number of aliphatic hydroxyl groups excluding tert-OH is 1. The molecule has 0 unspecified atom stereocenters. The fraction of sp³-hybridized carbons (Fsp3) is 0.387. The molecule has 2 aromatic carbocycles. The summed E-state index contributed by atoms with van der Waals surface area (Å²) in [6, 6.07) is 3.46. The molecule has 1 aliphatic rings. The molecular weight excluding hydrogens is 643 g/mol. The Bertz CT molecular complexity index is 1670. The molecule has 0 radical (unpaired) electrons. The number of rotatable bonds is 8. The van der Waals surface area contributed by atoms with Crippen molar-refractivity contribution in [3.8, 4) is 11.1 Å². The topological polar surface area (TPSA) is 70.3 Å². The van der Waals surface area contributed by atoms with Crippen LogP contribution in [0.5, 0.6) is 0 Å². The van der Waals surface area contributed by atoms with Gasteiger partial charge in [0.1, 0.15) is 0 Å². The fourth-order valence-electron chi connectivity index (χ4n) is 5.83. The van der Waals surface area contributed by atoms with Crippen LogP contribution in [0.3, 0.4) is 0 Å². The van der Waals surface area contributed by atoms with E-state index in [-0.39, 0.29) is 35.7 Å². The summed E-state index contributed by atoms with van der Waals surface area (Å²) >= 11 is 0. The molecule has 2 atom stereocenters. The third-order valence-corrected chi connectivity index (χ3v) is 8.12. The van der Waals surface area contributed by atoms with Gasteiger partial charge in [0, 0.05) is 67.1 Å². The van der Waals surface area contributed by atoms with Gasteiger partial charge in [-0.15, -0.1) is 0 Å². The van der Waals surface area contributed by atoms with Crippen molar-refractivity contribution in [2.24, 2.45) is 7.05 Å². The predicted molar refractivity (Wildman–Crippen MR) is 154 cm³/mol. The summed E-state index contributed by atoms with van der Waals surface area (Å²) in [5.41, 5.74) is -2.56. The second-order valence-electron chi connectivity index (χ2n) is 11.3. The van der Waals surface area contributed by atoms with Gasteiger partial charge < -0.3 is 14.9 Å². The second-order valence-corrected chi connectivity index (χ2v) is 11.3. The molecule has 1 saturated heterocycles. The van der Waals surface area contributed by atoms with Crippen molar-refractivity contribution in [2.75, 3.05) is 16.3 Å². The van der Waals surface area contributed by atoms with E-state index in [9.17, 15) is 44.6 Å². The van der Waals surface area contributed by atoms with Crippen LogP contribution >= 0.6 is 0 Å². The third kappa shape index (κ3) is 7.47. The maximum Gasteiger partial charge on any atom is 0.416 e. The van der Waals surface area contributed by atoms with Gasteiger partial charge in [-0.1, -0.05) is 6.92 Å². The Hall–Kier alpha value is -4.34. The lowest BCUT2D eigenvalue weighted by Crippen LogP contribution is -2.39. The number of alkyl halides is 9. The van der Waals surface area contributed by atoms with Crippen LogP contribution in [0.4, 0.5) is 51.1 Å². The molecule has 0 spiro atoms. The summed E-state index contributed by atoms with van der Waals surface area (Å²) in [6.07, 6.45) is -7.72. The number of aromatic nitrogens is 4. The normalized spacial score (nSPS) is 17.4. The number of hydrogen-bond donors (Lipinski definition) is 1. The van der Waals surface area contributed by atoms with Gasteiger partial charge in [0.15, 0.2) is 0 Å². The first-order valence-electron chi connectivity index (χ1n) is 14.4. The molecule has 0 aliphatic carbocycles. The van der Waals surface area contributed by atoms with E-state index in [0.29, 0.717) is 41.8 Å². The van der Waals surface area contributed by atoms with Crippen molar-refractivity contribution in [3.05, 3.63) is 89.0 Å². The Kier molecular flexibility index (Phi) is 9.18. The molecule has 7 nitrogen and oxygen atoms in total. The fourth-order valence-corrected chi connectivity index (χ4v) is 5.83. The lowest BCUT2D eigenvalue weighted by atomic mass is 10.0. The average molecular weight is 673 g/mol. The highest BCUT2D eigenvalue weighted by atomic mass is 19.4. The van der Waals surface area contributed by atoms with Crippen molar-refractivity contribution in [2.45, 2.75) is 63.5 Å². The van der Waals surface area contributed by atoms with Crippen LogP contribution in [-0.2, 0) is 38.7 Å². The maximum atomic E-state index is 13.7. The zero-order valence-electron chi connectivity index (χ0n) is 25.0. The molecule has 5 rings (SSSR count). The van der Waals surface area contributed by atoms with E-state index in [1.807, 2.05) is 6.92 Å². The summed E-state index contributed by atoms with van der Waals surface area (Å²) in [5, 5.41) is 14.1. The highest BCUT2D eigenvalue weighted by Crippen LogP contribution is 2.40. The minimum atomic E-state index is -5.05. The van der Waals surface area contributed by atoms with Crippen LogP contribution in [0.25, 0.3) is 11.1 Å². The molecule has 0 saturated carbocycles. The van der Waals surface area contributed by atoms with E-state index in [1.54, 1.807) is 29.0 Å². The Labute approximate surface area is 263 Å². The largest absolute Gasteiger partial charge is 0.416 e. The standard InChI is InChI=1S/C31H29F9N6O/c1-3-25-10-26(16-45(25)27-5-4-22(29(32,33)34)8-19(27)17-47)46(28-41-11-20(12-42-28)21-13-43-44(2)15-21)14-18-6-23(30(35,36)37)9-24(7-18)31(38,39)40/h4-9,11-13,15,25-26,47H,3,10,14,16-17H2,1-2H3/t25-,26+/m1/s1. The quantitative estimate of drug-likeness (QED) is 0.196. The van der Waals surface area contributed by atoms with Crippen molar-refractivity contribution in [1.82, 2.24) is 19.7 Å². The van der Waals surface area contributed by atoms with E-state index in [4.69, 9.17) is 0 Å². The van der Waals surface area contributed by atoms with Crippen LogP contribution < -0.4 is 9.80 Å². The van der Waals surface area contributed by atoms with Crippen LogP contribution in [-0.4, -0.2) is 43.5 Å². The number of halogens is 9. The number of aryl methyl sites for hydroxylation is 1. The van der Waals surface area contributed by atoms with Gasteiger partial charge in [-0.3, -0.25) is 4.68 Å². The lowest BCUT2D eigenvalue weighted by Gasteiger charge is -2.31. The van der Waals surface area contributed by atoms with Crippen molar-refractivity contribution in [3.63, 3.8) is 0 Å². The molecule has 1 aliphatic heterocycles.